The highest BCUT2D eigenvalue weighted by molar-refractivity contribution is 5.85. The summed E-state index contributed by atoms with van der Waals surface area (Å²) in [7, 11) is 0. The highest BCUT2D eigenvalue weighted by Gasteiger charge is 2.28. The van der Waals surface area contributed by atoms with E-state index in [0.717, 1.165) is 31.2 Å². The Morgan fingerprint density at radius 1 is 1.29 bits per heavy atom. The summed E-state index contributed by atoms with van der Waals surface area (Å²) in [6, 6.07) is 9.20. The lowest BCUT2D eigenvalue weighted by Crippen LogP contribution is -2.48. The lowest BCUT2D eigenvalue weighted by Gasteiger charge is -2.30. The number of carbonyl (C=O) groups excluding carboxylic acids is 1. The maximum Gasteiger partial charge on any atom is 0.225 e. The molecule has 118 valence electrons. The van der Waals surface area contributed by atoms with Crippen LogP contribution in [0.4, 0.5) is 0 Å². The Morgan fingerprint density at radius 3 is 2.52 bits per heavy atom. The smallest absolute Gasteiger partial charge is 0.225 e. The van der Waals surface area contributed by atoms with E-state index in [9.17, 15) is 9.90 Å². The van der Waals surface area contributed by atoms with Crippen molar-refractivity contribution in [1.82, 2.24) is 5.32 Å². The predicted molar refractivity (Wildman–Crippen MR) is 86.2 cm³/mol. The fourth-order valence-electron chi connectivity index (χ4n) is 2.72. The van der Waals surface area contributed by atoms with Gasteiger partial charge in [0, 0.05) is 6.04 Å². The van der Waals surface area contributed by atoms with Crippen molar-refractivity contribution in [2.24, 2.45) is 11.7 Å². The van der Waals surface area contributed by atoms with Gasteiger partial charge in [0.25, 0.3) is 0 Å². The Labute approximate surface area is 132 Å². The minimum Gasteiger partial charge on any atom is -0.391 e. The number of carbonyl (C=O) groups is 1. The molecule has 0 radical (unpaired) electrons. The van der Waals surface area contributed by atoms with Crippen LogP contribution in [0.25, 0.3) is 0 Å². The zero-order valence-corrected chi connectivity index (χ0v) is 13.2. The summed E-state index contributed by atoms with van der Waals surface area (Å²) in [4.78, 5) is 12.3. The Bertz CT molecular complexity index is 441. The molecule has 4 atom stereocenters. The van der Waals surface area contributed by atoms with Gasteiger partial charge in [-0.25, -0.2) is 0 Å². The number of nitrogens with one attached hydrogen (secondary N) is 1. The average Bonchev–Trinajstić information content (AvgIpc) is 2.49. The van der Waals surface area contributed by atoms with Crippen molar-refractivity contribution in [2.75, 3.05) is 0 Å². The number of aliphatic hydroxyl groups is 1. The summed E-state index contributed by atoms with van der Waals surface area (Å²) in [5, 5.41) is 12.9. The lowest BCUT2D eigenvalue weighted by molar-refractivity contribution is -0.127. The quantitative estimate of drug-likeness (QED) is 0.797. The van der Waals surface area contributed by atoms with Crippen LogP contribution in [-0.4, -0.2) is 23.2 Å². The fraction of sp³-hybridized carbons (Fsp3) is 0.562. The summed E-state index contributed by atoms with van der Waals surface area (Å²) in [6.07, 6.45) is 3.28. The van der Waals surface area contributed by atoms with Crippen molar-refractivity contribution >= 4 is 18.3 Å². The molecule has 1 fully saturated rings. The average molecular weight is 313 g/mol. The molecule has 1 amide bonds. The first-order valence-corrected chi connectivity index (χ1v) is 7.38. The molecule has 1 aliphatic rings. The second-order valence-electron chi connectivity index (χ2n) is 5.69. The van der Waals surface area contributed by atoms with Crippen molar-refractivity contribution in [1.29, 1.82) is 0 Å². The van der Waals surface area contributed by atoms with Gasteiger partial charge >= 0.3 is 0 Å². The maximum atomic E-state index is 12.3. The number of aliphatic hydroxyl groups excluding tert-OH is 1. The van der Waals surface area contributed by atoms with E-state index in [1.54, 1.807) is 0 Å². The topological polar surface area (TPSA) is 75.3 Å². The minimum absolute atomic E-state index is 0. The van der Waals surface area contributed by atoms with Gasteiger partial charge in [-0.05, 0) is 18.4 Å². The fourth-order valence-corrected chi connectivity index (χ4v) is 2.72. The highest BCUT2D eigenvalue weighted by atomic mass is 35.5. The van der Waals surface area contributed by atoms with Crippen molar-refractivity contribution in [2.45, 2.75) is 50.8 Å². The molecule has 0 aliphatic heterocycles. The molecule has 1 aliphatic carbocycles. The second-order valence-corrected chi connectivity index (χ2v) is 5.69. The van der Waals surface area contributed by atoms with Gasteiger partial charge in [0.05, 0.1) is 18.1 Å². The molecule has 5 heteroatoms. The molecule has 1 saturated carbocycles. The molecule has 1 aromatic rings. The van der Waals surface area contributed by atoms with Crippen LogP contribution in [0.1, 0.15) is 44.2 Å². The molecule has 0 saturated heterocycles. The molecular weight excluding hydrogens is 288 g/mol. The van der Waals surface area contributed by atoms with E-state index in [0.29, 0.717) is 0 Å². The lowest BCUT2D eigenvalue weighted by atomic mass is 9.90. The molecular formula is C16H25ClN2O2. The Morgan fingerprint density at radius 2 is 1.90 bits per heavy atom. The first kappa shape index (κ1) is 18.0. The van der Waals surface area contributed by atoms with Crippen LogP contribution in [0.2, 0.25) is 0 Å². The van der Waals surface area contributed by atoms with E-state index >= 15 is 0 Å². The van der Waals surface area contributed by atoms with Crippen LogP contribution in [0.3, 0.4) is 0 Å². The number of amides is 1. The van der Waals surface area contributed by atoms with Crippen molar-refractivity contribution in [3.63, 3.8) is 0 Å². The number of rotatable bonds is 4. The van der Waals surface area contributed by atoms with E-state index in [2.05, 4.69) is 5.32 Å². The summed E-state index contributed by atoms with van der Waals surface area (Å²) in [6.45, 7) is 1.84. The molecule has 1 aromatic carbocycles. The van der Waals surface area contributed by atoms with E-state index in [1.807, 2.05) is 37.3 Å². The molecule has 21 heavy (non-hydrogen) atoms. The minimum atomic E-state index is -0.423. The van der Waals surface area contributed by atoms with Crippen LogP contribution in [0, 0.1) is 5.92 Å². The molecule has 4 N–H and O–H groups in total. The zero-order chi connectivity index (χ0) is 14.5. The number of halogens is 1. The van der Waals surface area contributed by atoms with Gasteiger partial charge in [-0.1, -0.05) is 50.1 Å². The number of benzene rings is 1. The zero-order valence-electron chi connectivity index (χ0n) is 12.4. The summed E-state index contributed by atoms with van der Waals surface area (Å²) in [5.74, 6) is -0.390. The third-order valence-corrected chi connectivity index (χ3v) is 4.19. The van der Waals surface area contributed by atoms with Crippen LogP contribution in [0.15, 0.2) is 30.3 Å². The number of hydrogen-bond donors (Lipinski definition) is 3. The van der Waals surface area contributed by atoms with Gasteiger partial charge in [-0.2, -0.15) is 0 Å². The maximum absolute atomic E-state index is 12.3. The highest BCUT2D eigenvalue weighted by Crippen LogP contribution is 2.22. The first-order chi connectivity index (χ1) is 9.59. The van der Waals surface area contributed by atoms with Crippen molar-refractivity contribution < 1.29 is 9.90 Å². The molecule has 0 aromatic heterocycles. The molecule has 2 unspecified atom stereocenters. The van der Waals surface area contributed by atoms with Crippen molar-refractivity contribution in [3.05, 3.63) is 35.9 Å². The first-order valence-electron chi connectivity index (χ1n) is 7.38. The molecule has 2 rings (SSSR count). The normalized spacial score (nSPS) is 24.5. The van der Waals surface area contributed by atoms with Crippen molar-refractivity contribution in [3.8, 4) is 0 Å². The van der Waals surface area contributed by atoms with E-state index < -0.39 is 6.10 Å². The Balaban J connectivity index is 0.00000220. The van der Waals surface area contributed by atoms with Gasteiger partial charge in [-0.3, -0.25) is 4.79 Å². The Hall–Kier alpha value is -1.10. The van der Waals surface area contributed by atoms with E-state index in [4.69, 9.17) is 5.73 Å². The van der Waals surface area contributed by atoms with Gasteiger partial charge in [0.2, 0.25) is 5.91 Å². The van der Waals surface area contributed by atoms with Gasteiger partial charge in [0.1, 0.15) is 0 Å². The van der Waals surface area contributed by atoms with Crippen LogP contribution in [-0.2, 0) is 4.79 Å². The number of nitrogens with two attached hydrogens (primary N) is 1. The summed E-state index contributed by atoms with van der Waals surface area (Å²) < 4.78 is 0. The Kier molecular flexibility index (Phi) is 7.15. The van der Waals surface area contributed by atoms with E-state index in [-0.39, 0.29) is 36.3 Å². The molecule has 0 spiro atoms. The van der Waals surface area contributed by atoms with Gasteiger partial charge in [0.15, 0.2) is 0 Å². The molecule has 0 bridgehead atoms. The predicted octanol–water partition coefficient (Wildman–Crippen LogP) is 2.16. The summed E-state index contributed by atoms with van der Waals surface area (Å²) in [5.41, 5.74) is 7.11. The standard InChI is InChI=1S/C16H24N2O2.ClH/c1-11(15(17)12-7-3-2-4-8-12)16(20)18-13-9-5-6-10-14(13)19;/h2-4,7-8,11,13-15,19H,5-6,9-10,17H2,1H3,(H,18,20);1H/t11?,13-,14-,15?;/m1./s1. The van der Waals surface area contributed by atoms with Gasteiger partial charge < -0.3 is 16.2 Å². The third-order valence-electron chi connectivity index (χ3n) is 4.19. The van der Waals surface area contributed by atoms with Crippen LogP contribution < -0.4 is 11.1 Å². The second kappa shape index (κ2) is 8.37. The largest absolute Gasteiger partial charge is 0.391 e. The third kappa shape index (κ3) is 4.70. The van der Waals surface area contributed by atoms with Crippen LogP contribution >= 0.6 is 12.4 Å². The SMILES string of the molecule is CC(C(=O)N[C@@H]1CCCC[C@H]1O)C(N)c1ccccc1.Cl. The molecule has 4 nitrogen and oxygen atoms in total. The molecule has 0 heterocycles. The van der Waals surface area contributed by atoms with E-state index in [1.165, 1.54) is 0 Å². The van der Waals surface area contributed by atoms with Gasteiger partial charge in [-0.15, -0.1) is 12.4 Å². The number of hydrogen-bond acceptors (Lipinski definition) is 3. The summed E-state index contributed by atoms with van der Waals surface area (Å²) >= 11 is 0. The van der Waals surface area contributed by atoms with Crippen LogP contribution in [0.5, 0.6) is 0 Å². The monoisotopic (exact) mass is 312 g/mol.